The molecule has 2 aliphatic carbocycles. The van der Waals surface area contributed by atoms with Crippen LogP contribution >= 0.6 is 15.9 Å². The number of carbonyl (C=O) groups excluding carboxylic acids is 2. The first-order chi connectivity index (χ1) is 12.5. The van der Waals surface area contributed by atoms with Gasteiger partial charge in [-0.05, 0) is 53.7 Å². The lowest BCUT2D eigenvalue weighted by atomic mass is 9.85. The number of aliphatic imine (C=N–C) groups is 1. The van der Waals surface area contributed by atoms with Gasteiger partial charge in [0.25, 0.3) is 0 Å². The number of fused-ring (bicyclic) bond motifs is 1. The maximum absolute atomic E-state index is 14.3. The molecule has 3 aliphatic rings. The standard InChI is InChI=1S/C19H15BrFN3O2/c20-16-11(21)8-7-10(9-22)17(16)24-18-12(3-1-5-14(18)25)23-13-4-2-6-15(26)19(13)24/h7-8,18H,1-6H2. The van der Waals surface area contributed by atoms with Gasteiger partial charge in [-0.25, -0.2) is 4.39 Å². The van der Waals surface area contributed by atoms with Crippen molar-refractivity contribution in [2.75, 3.05) is 4.90 Å². The fourth-order valence-electron chi connectivity index (χ4n) is 3.92. The highest BCUT2D eigenvalue weighted by atomic mass is 79.9. The van der Waals surface area contributed by atoms with Crippen molar-refractivity contribution in [3.05, 3.63) is 39.4 Å². The molecule has 1 aromatic carbocycles. The van der Waals surface area contributed by atoms with E-state index in [0.29, 0.717) is 55.6 Å². The van der Waals surface area contributed by atoms with Crippen LogP contribution < -0.4 is 4.90 Å². The third-order valence-electron chi connectivity index (χ3n) is 5.04. The molecule has 26 heavy (non-hydrogen) atoms. The second-order valence-corrected chi connectivity index (χ2v) is 7.43. The van der Waals surface area contributed by atoms with Gasteiger partial charge in [0.05, 0.1) is 21.4 Å². The number of halogens is 2. The first-order valence-corrected chi connectivity index (χ1v) is 9.36. The molecule has 1 atom stereocenters. The summed E-state index contributed by atoms with van der Waals surface area (Å²) in [4.78, 5) is 31.7. The fraction of sp³-hybridized carbons (Fsp3) is 0.368. The summed E-state index contributed by atoms with van der Waals surface area (Å²) in [7, 11) is 0. The number of rotatable bonds is 1. The predicted octanol–water partition coefficient (Wildman–Crippen LogP) is 3.81. The van der Waals surface area contributed by atoms with Crippen LogP contribution in [-0.4, -0.2) is 23.3 Å². The molecular formula is C19H15BrFN3O2. The van der Waals surface area contributed by atoms with Gasteiger partial charge >= 0.3 is 0 Å². The van der Waals surface area contributed by atoms with Crippen LogP contribution in [0.15, 0.2) is 33.0 Å². The molecule has 0 aromatic heterocycles. The molecule has 1 saturated carbocycles. The van der Waals surface area contributed by atoms with Crippen molar-refractivity contribution in [1.29, 1.82) is 5.26 Å². The number of anilines is 1. The molecule has 0 saturated heterocycles. The van der Waals surface area contributed by atoms with E-state index in [-0.39, 0.29) is 27.3 Å². The van der Waals surface area contributed by atoms with Crippen LogP contribution in [-0.2, 0) is 9.59 Å². The summed E-state index contributed by atoms with van der Waals surface area (Å²) in [5.41, 5.74) is 2.13. The molecule has 132 valence electrons. The monoisotopic (exact) mass is 415 g/mol. The molecule has 0 N–H and O–H groups in total. The summed E-state index contributed by atoms with van der Waals surface area (Å²) in [6, 6.07) is 3.89. The SMILES string of the molecule is N#Cc1ccc(F)c(Br)c1N1C2=C(CCCC2=O)N=C2CCCC(=O)C21. The molecule has 1 aromatic rings. The van der Waals surface area contributed by atoms with E-state index in [4.69, 9.17) is 0 Å². The largest absolute Gasteiger partial charge is 0.319 e. The van der Waals surface area contributed by atoms with Gasteiger partial charge in [-0.3, -0.25) is 14.6 Å². The highest BCUT2D eigenvalue weighted by Gasteiger charge is 2.43. The number of hydrogen-bond donors (Lipinski definition) is 0. The molecule has 7 heteroatoms. The fourth-order valence-corrected chi connectivity index (χ4v) is 4.46. The molecule has 0 amide bonds. The van der Waals surface area contributed by atoms with E-state index in [1.807, 2.05) is 0 Å². The summed E-state index contributed by atoms with van der Waals surface area (Å²) in [5, 5.41) is 9.55. The molecule has 0 spiro atoms. The van der Waals surface area contributed by atoms with Crippen molar-refractivity contribution in [1.82, 2.24) is 0 Å². The van der Waals surface area contributed by atoms with Crippen LogP contribution in [0.5, 0.6) is 0 Å². The van der Waals surface area contributed by atoms with Crippen LogP contribution in [0, 0.1) is 17.1 Å². The number of Topliss-reactive ketones (excluding diaryl/α,β-unsaturated/α-hetero) is 2. The van der Waals surface area contributed by atoms with Gasteiger partial charge in [-0.15, -0.1) is 0 Å². The molecule has 0 radical (unpaired) electrons. The third-order valence-corrected chi connectivity index (χ3v) is 5.79. The normalized spacial score (nSPS) is 22.6. The number of hydrogen-bond acceptors (Lipinski definition) is 5. The molecule has 5 nitrogen and oxygen atoms in total. The summed E-state index contributed by atoms with van der Waals surface area (Å²) in [6.45, 7) is 0. The van der Waals surface area contributed by atoms with Crippen molar-refractivity contribution in [3.63, 3.8) is 0 Å². The zero-order valence-electron chi connectivity index (χ0n) is 13.9. The number of nitrogens with zero attached hydrogens (tertiary/aromatic N) is 3. The van der Waals surface area contributed by atoms with E-state index in [1.54, 1.807) is 4.90 Å². The van der Waals surface area contributed by atoms with Crippen LogP contribution in [0.1, 0.15) is 44.1 Å². The van der Waals surface area contributed by atoms with Gasteiger partial charge in [-0.1, -0.05) is 0 Å². The van der Waals surface area contributed by atoms with Crippen LogP contribution in [0.3, 0.4) is 0 Å². The first kappa shape index (κ1) is 17.1. The summed E-state index contributed by atoms with van der Waals surface area (Å²) < 4.78 is 14.4. The van der Waals surface area contributed by atoms with Gasteiger partial charge < -0.3 is 4.90 Å². The second kappa shape index (κ2) is 6.44. The van der Waals surface area contributed by atoms with E-state index in [9.17, 15) is 19.2 Å². The molecule has 1 fully saturated rings. The van der Waals surface area contributed by atoms with Crippen molar-refractivity contribution in [2.24, 2.45) is 4.99 Å². The Balaban J connectivity index is 2.01. The summed E-state index contributed by atoms with van der Waals surface area (Å²) in [5.74, 6) is -0.718. The maximum Gasteiger partial charge on any atom is 0.181 e. The summed E-state index contributed by atoms with van der Waals surface area (Å²) in [6.07, 6.45) is 3.45. The predicted molar refractivity (Wildman–Crippen MR) is 97.3 cm³/mol. The van der Waals surface area contributed by atoms with Gasteiger partial charge in [0.2, 0.25) is 0 Å². The zero-order valence-corrected chi connectivity index (χ0v) is 15.5. The lowest BCUT2D eigenvalue weighted by Crippen LogP contribution is -2.53. The van der Waals surface area contributed by atoms with E-state index in [1.165, 1.54) is 12.1 Å². The first-order valence-electron chi connectivity index (χ1n) is 8.56. The number of allylic oxidation sites excluding steroid dienone is 2. The lowest BCUT2D eigenvalue weighted by Gasteiger charge is -2.42. The van der Waals surface area contributed by atoms with E-state index in [2.05, 4.69) is 27.0 Å². The minimum atomic E-state index is -0.741. The number of carbonyl (C=O) groups is 2. The van der Waals surface area contributed by atoms with E-state index >= 15 is 0 Å². The highest BCUT2D eigenvalue weighted by molar-refractivity contribution is 9.10. The number of ketones is 2. The topological polar surface area (TPSA) is 73.5 Å². The molecule has 1 aliphatic heterocycles. The van der Waals surface area contributed by atoms with E-state index in [0.717, 1.165) is 0 Å². The zero-order chi connectivity index (χ0) is 18.4. The number of benzene rings is 1. The van der Waals surface area contributed by atoms with Crippen molar-refractivity contribution in [3.8, 4) is 6.07 Å². The smallest absolute Gasteiger partial charge is 0.181 e. The van der Waals surface area contributed by atoms with Crippen LogP contribution in [0.25, 0.3) is 0 Å². The Morgan fingerprint density at radius 1 is 1.19 bits per heavy atom. The Bertz CT molecular complexity index is 945. The van der Waals surface area contributed by atoms with E-state index < -0.39 is 11.9 Å². The van der Waals surface area contributed by atoms with Crippen molar-refractivity contribution in [2.45, 2.75) is 44.6 Å². The number of nitriles is 1. The molecule has 0 bridgehead atoms. The Hall–Kier alpha value is -2.33. The minimum Gasteiger partial charge on any atom is -0.319 e. The highest BCUT2D eigenvalue weighted by Crippen LogP contribution is 2.42. The molecule has 1 unspecified atom stereocenters. The molecular weight excluding hydrogens is 401 g/mol. The van der Waals surface area contributed by atoms with Gasteiger partial charge in [0.15, 0.2) is 11.6 Å². The maximum atomic E-state index is 14.3. The van der Waals surface area contributed by atoms with Crippen molar-refractivity contribution >= 4 is 38.9 Å². The minimum absolute atomic E-state index is 0.0556. The Morgan fingerprint density at radius 3 is 2.73 bits per heavy atom. The summed E-state index contributed by atoms with van der Waals surface area (Å²) >= 11 is 3.23. The van der Waals surface area contributed by atoms with Gasteiger partial charge in [0, 0.05) is 18.6 Å². The van der Waals surface area contributed by atoms with Crippen LogP contribution in [0.2, 0.25) is 0 Å². The Kier molecular flexibility index (Phi) is 4.23. The molecule has 1 heterocycles. The average Bonchev–Trinajstić information content (AvgIpc) is 2.63. The molecule has 4 rings (SSSR count). The average molecular weight is 416 g/mol. The quantitative estimate of drug-likeness (QED) is 0.698. The second-order valence-electron chi connectivity index (χ2n) is 6.64. The van der Waals surface area contributed by atoms with Gasteiger partial charge in [0.1, 0.15) is 23.6 Å². The van der Waals surface area contributed by atoms with Crippen molar-refractivity contribution < 1.29 is 14.0 Å². The lowest BCUT2D eigenvalue weighted by molar-refractivity contribution is -0.119. The third kappa shape index (κ3) is 2.52. The van der Waals surface area contributed by atoms with Crippen LogP contribution in [0.4, 0.5) is 10.1 Å². The Morgan fingerprint density at radius 2 is 1.96 bits per heavy atom. The van der Waals surface area contributed by atoms with Gasteiger partial charge in [-0.2, -0.15) is 5.26 Å². The Labute approximate surface area is 158 Å².